The number of hydrogen-bond acceptors (Lipinski definition) is 2. The number of carbonyl (C=O) groups is 1. The second-order valence-electron chi connectivity index (χ2n) is 5.32. The van der Waals surface area contributed by atoms with Crippen LogP contribution in [0.15, 0.2) is 0 Å². The maximum absolute atomic E-state index is 10.5. The third-order valence-corrected chi connectivity index (χ3v) is 3.61. The lowest BCUT2D eigenvalue weighted by Crippen LogP contribution is -2.30. The van der Waals surface area contributed by atoms with Gasteiger partial charge in [-0.25, -0.2) is 0 Å². The Morgan fingerprint density at radius 1 is 1.38 bits per heavy atom. The fraction of sp³-hybridized carbons (Fsp3) is 0.923. The first-order chi connectivity index (χ1) is 7.59. The number of carboxylic acids is 1. The van der Waals surface area contributed by atoms with Crippen molar-refractivity contribution in [2.45, 2.75) is 64.3 Å². The van der Waals surface area contributed by atoms with Gasteiger partial charge in [0.25, 0.3) is 0 Å². The summed E-state index contributed by atoms with van der Waals surface area (Å²) in [5.41, 5.74) is 5.81. The van der Waals surface area contributed by atoms with Gasteiger partial charge in [0.1, 0.15) is 0 Å². The van der Waals surface area contributed by atoms with Crippen LogP contribution in [0.4, 0.5) is 0 Å². The first-order valence-electron chi connectivity index (χ1n) is 6.57. The predicted molar refractivity (Wildman–Crippen MR) is 65.2 cm³/mol. The van der Waals surface area contributed by atoms with E-state index in [1.807, 2.05) is 0 Å². The van der Waals surface area contributed by atoms with Crippen LogP contribution in [0, 0.1) is 11.8 Å². The summed E-state index contributed by atoms with van der Waals surface area (Å²) in [7, 11) is 0. The predicted octanol–water partition coefficient (Wildman–Crippen LogP) is 2.79. The molecule has 1 aliphatic carbocycles. The Balaban J connectivity index is 1.95. The third kappa shape index (κ3) is 6.11. The molecule has 3 heteroatoms. The Labute approximate surface area is 98.4 Å². The van der Waals surface area contributed by atoms with Gasteiger partial charge in [0.2, 0.25) is 0 Å². The van der Waals surface area contributed by atoms with E-state index >= 15 is 0 Å². The maximum Gasteiger partial charge on any atom is 0.304 e. The molecule has 0 aliphatic heterocycles. The minimum atomic E-state index is -0.784. The van der Waals surface area contributed by atoms with Crippen LogP contribution in [0.5, 0.6) is 0 Å². The molecular weight excluding hydrogens is 202 g/mol. The molecule has 3 nitrogen and oxygen atoms in total. The molecule has 1 aliphatic rings. The van der Waals surface area contributed by atoms with Gasteiger partial charge in [-0.1, -0.05) is 45.4 Å². The molecule has 0 heterocycles. The summed E-state index contributed by atoms with van der Waals surface area (Å²) in [4.78, 5) is 10.5. The van der Waals surface area contributed by atoms with E-state index in [4.69, 9.17) is 10.8 Å². The van der Waals surface area contributed by atoms with E-state index < -0.39 is 5.97 Å². The normalized spacial score (nSPS) is 19.4. The molecule has 0 bridgehead atoms. The van der Waals surface area contributed by atoms with Crippen LogP contribution in [0.3, 0.4) is 0 Å². The molecule has 3 N–H and O–H groups in total. The van der Waals surface area contributed by atoms with Crippen LogP contribution in [-0.2, 0) is 4.79 Å². The van der Waals surface area contributed by atoms with E-state index in [1.54, 1.807) is 0 Å². The molecule has 0 unspecified atom stereocenters. The highest BCUT2D eigenvalue weighted by Gasteiger charge is 2.20. The van der Waals surface area contributed by atoms with Gasteiger partial charge < -0.3 is 10.8 Å². The molecule has 0 aromatic carbocycles. The first kappa shape index (κ1) is 13.5. The van der Waals surface area contributed by atoms with Gasteiger partial charge in [0.05, 0.1) is 6.42 Å². The Morgan fingerprint density at radius 3 is 2.62 bits per heavy atom. The van der Waals surface area contributed by atoms with Gasteiger partial charge in [-0.05, 0) is 18.3 Å². The van der Waals surface area contributed by atoms with Crippen molar-refractivity contribution in [1.29, 1.82) is 0 Å². The average molecular weight is 227 g/mol. The highest BCUT2D eigenvalue weighted by Crippen LogP contribution is 2.34. The van der Waals surface area contributed by atoms with Crippen LogP contribution in [0.1, 0.15) is 58.3 Å². The molecule has 2 atom stereocenters. The van der Waals surface area contributed by atoms with Crippen LogP contribution >= 0.6 is 0 Å². The zero-order valence-corrected chi connectivity index (χ0v) is 10.3. The van der Waals surface area contributed by atoms with Crippen molar-refractivity contribution < 1.29 is 9.90 Å². The highest BCUT2D eigenvalue weighted by atomic mass is 16.4. The summed E-state index contributed by atoms with van der Waals surface area (Å²) in [6.07, 6.45) is 9.27. The van der Waals surface area contributed by atoms with Crippen molar-refractivity contribution >= 4 is 5.97 Å². The van der Waals surface area contributed by atoms with Crippen molar-refractivity contribution in [3.8, 4) is 0 Å². The Hall–Kier alpha value is -0.570. The van der Waals surface area contributed by atoms with Gasteiger partial charge in [0.15, 0.2) is 0 Å². The quantitative estimate of drug-likeness (QED) is 0.595. The van der Waals surface area contributed by atoms with E-state index in [-0.39, 0.29) is 12.5 Å². The molecule has 0 aromatic rings. The SMILES string of the molecule is C[C@@H](CCCCCC1CC1)[C@H](N)CC(=O)O. The minimum absolute atomic E-state index is 0.100. The summed E-state index contributed by atoms with van der Waals surface area (Å²) >= 11 is 0. The molecule has 0 aromatic heterocycles. The van der Waals surface area contributed by atoms with E-state index in [1.165, 1.54) is 38.5 Å². The number of carboxylic acid groups (broad SMARTS) is 1. The molecule has 1 saturated carbocycles. The molecule has 1 rings (SSSR count). The van der Waals surface area contributed by atoms with E-state index in [9.17, 15) is 4.79 Å². The van der Waals surface area contributed by atoms with Crippen LogP contribution in [0.25, 0.3) is 0 Å². The number of unbranched alkanes of at least 4 members (excludes halogenated alkanes) is 2. The second kappa shape index (κ2) is 6.89. The Kier molecular flexibility index (Phi) is 5.81. The third-order valence-electron chi connectivity index (χ3n) is 3.61. The van der Waals surface area contributed by atoms with Gasteiger partial charge in [-0.3, -0.25) is 4.79 Å². The number of aliphatic carboxylic acids is 1. The monoisotopic (exact) mass is 227 g/mol. The lowest BCUT2D eigenvalue weighted by molar-refractivity contribution is -0.137. The fourth-order valence-electron chi connectivity index (χ4n) is 2.10. The Bertz CT molecular complexity index is 214. The minimum Gasteiger partial charge on any atom is -0.481 e. The van der Waals surface area contributed by atoms with Gasteiger partial charge >= 0.3 is 5.97 Å². The fourth-order valence-corrected chi connectivity index (χ4v) is 2.10. The summed E-state index contributed by atoms with van der Waals surface area (Å²) < 4.78 is 0. The smallest absolute Gasteiger partial charge is 0.304 e. The van der Waals surface area contributed by atoms with Crippen molar-refractivity contribution in [1.82, 2.24) is 0 Å². The standard InChI is InChI=1S/C13H25NO2/c1-10(12(14)9-13(15)16)5-3-2-4-6-11-7-8-11/h10-12H,2-9,14H2,1H3,(H,15,16)/t10-,12+/m0/s1. The molecular formula is C13H25NO2. The van der Waals surface area contributed by atoms with Crippen LogP contribution in [0.2, 0.25) is 0 Å². The molecule has 0 amide bonds. The summed E-state index contributed by atoms with van der Waals surface area (Å²) in [6, 6.07) is -0.180. The average Bonchev–Trinajstić information content (AvgIpc) is 2.99. The number of nitrogens with two attached hydrogens (primary N) is 1. The molecule has 94 valence electrons. The number of rotatable bonds is 9. The number of hydrogen-bond donors (Lipinski definition) is 2. The molecule has 0 saturated heterocycles. The van der Waals surface area contributed by atoms with Crippen molar-refractivity contribution in [3.05, 3.63) is 0 Å². The Morgan fingerprint density at radius 2 is 2.06 bits per heavy atom. The van der Waals surface area contributed by atoms with Crippen molar-refractivity contribution in [2.24, 2.45) is 17.6 Å². The topological polar surface area (TPSA) is 63.3 Å². The van der Waals surface area contributed by atoms with E-state index in [0.29, 0.717) is 5.92 Å². The molecule has 16 heavy (non-hydrogen) atoms. The van der Waals surface area contributed by atoms with Gasteiger partial charge in [0, 0.05) is 6.04 Å². The summed E-state index contributed by atoms with van der Waals surface area (Å²) in [6.45, 7) is 2.06. The van der Waals surface area contributed by atoms with Gasteiger partial charge in [-0.2, -0.15) is 0 Å². The van der Waals surface area contributed by atoms with Crippen molar-refractivity contribution in [2.75, 3.05) is 0 Å². The van der Waals surface area contributed by atoms with Crippen LogP contribution in [-0.4, -0.2) is 17.1 Å². The lowest BCUT2D eigenvalue weighted by Gasteiger charge is -2.17. The van der Waals surface area contributed by atoms with E-state index in [2.05, 4.69) is 6.92 Å². The van der Waals surface area contributed by atoms with Gasteiger partial charge in [-0.15, -0.1) is 0 Å². The zero-order chi connectivity index (χ0) is 12.0. The molecule has 1 fully saturated rings. The van der Waals surface area contributed by atoms with Crippen LogP contribution < -0.4 is 5.73 Å². The summed E-state index contributed by atoms with van der Waals surface area (Å²) in [5.74, 6) is 0.580. The van der Waals surface area contributed by atoms with E-state index in [0.717, 1.165) is 12.3 Å². The maximum atomic E-state index is 10.5. The summed E-state index contributed by atoms with van der Waals surface area (Å²) in [5, 5.41) is 8.63. The second-order valence-corrected chi connectivity index (χ2v) is 5.32. The lowest BCUT2D eigenvalue weighted by atomic mass is 9.93. The van der Waals surface area contributed by atoms with Crippen molar-refractivity contribution in [3.63, 3.8) is 0 Å². The molecule has 0 spiro atoms. The largest absolute Gasteiger partial charge is 0.481 e. The molecule has 0 radical (unpaired) electrons. The zero-order valence-electron chi connectivity index (χ0n) is 10.3. The highest BCUT2D eigenvalue weighted by molar-refractivity contribution is 5.67. The first-order valence-corrected chi connectivity index (χ1v) is 6.57.